The van der Waals surface area contributed by atoms with Crippen LogP contribution < -0.4 is 21.5 Å². The first-order valence-corrected chi connectivity index (χ1v) is 5.38. The van der Waals surface area contributed by atoms with E-state index < -0.39 is 0 Å². The van der Waals surface area contributed by atoms with E-state index in [2.05, 4.69) is 6.58 Å². The predicted octanol–water partition coefficient (Wildman–Crippen LogP) is 0.692. The zero-order valence-electron chi connectivity index (χ0n) is 9.48. The summed E-state index contributed by atoms with van der Waals surface area (Å²) in [6.45, 7) is 3.95. The largest absolute Gasteiger partial charge is 0.398 e. The van der Waals surface area contributed by atoms with Gasteiger partial charge in [0.1, 0.15) is 0 Å². The molecule has 0 saturated heterocycles. The van der Waals surface area contributed by atoms with Crippen molar-refractivity contribution in [1.82, 2.24) is 0 Å². The summed E-state index contributed by atoms with van der Waals surface area (Å²) < 4.78 is 0. The van der Waals surface area contributed by atoms with Crippen LogP contribution in [0.25, 0.3) is 12.3 Å². The van der Waals surface area contributed by atoms with Gasteiger partial charge in [0.15, 0.2) is 0 Å². The smallest absolute Gasteiger partial charge is 0.0638 e. The minimum atomic E-state index is 0.390. The van der Waals surface area contributed by atoms with Gasteiger partial charge >= 0.3 is 0 Å². The molecule has 0 aliphatic carbocycles. The van der Waals surface area contributed by atoms with Gasteiger partial charge in [-0.2, -0.15) is 0 Å². The Morgan fingerprint density at radius 3 is 2.24 bits per heavy atom. The van der Waals surface area contributed by atoms with Crippen LogP contribution >= 0.6 is 0 Å². The highest BCUT2D eigenvalue weighted by atomic mass is 14.6. The molecule has 3 N–H and O–H groups in total. The van der Waals surface area contributed by atoms with Gasteiger partial charge in [-0.25, -0.2) is 0 Å². The lowest BCUT2D eigenvalue weighted by atomic mass is 10.1. The molecule has 0 saturated carbocycles. The number of benzene rings is 1. The standard InChI is InChI=1S/C15H14N2/c1-11-7-5-6-10-13(16)14(11)15(17)12-8-3-2-4-9-12/h2-10,16H,1,17H2/b15-14-,16-13?. The molecular formula is C15H14N2. The summed E-state index contributed by atoms with van der Waals surface area (Å²) in [6, 6.07) is 16.9. The van der Waals surface area contributed by atoms with Crippen molar-refractivity contribution < 1.29 is 0 Å². The Morgan fingerprint density at radius 2 is 1.53 bits per heavy atom. The second-order valence-electron chi connectivity index (χ2n) is 3.81. The Bertz CT molecular complexity index is 652. The second kappa shape index (κ2) is 4.66. The molecule has 0 atom stereocenters. The van der Waals surface area contributed by atoms with Crippen LogP contribution in [0, 0.1) is 5.41 Å². The molecule has 0 radical (unpaired) electrons. The van der Waals surface area contributed by atoms with Gasteiger partial charge in [0, 0.05) is 10.9 Å². The highest BCUT2D eigenvalue weighted by molar-refractivity contribution is 5.62. The molecule has 2 heteroatoms. The molecular weight excluding hydrogens is 208 g/mol. The fourth-order valence-electron chi connectivity index (χ4n) is 1.74. The van der Waals surface area contributed by atoms with E-state index in [0.717, 1.165) is 10.8 Å². The fourth-order valence-corrected chi connectivity index (χ4v) is 1.74. The third-order valence-electron chi connectivity index (χ3n) is 2.62. The van der Waals surface area contributed by atoms with Crippen LogP contribution in [-0.2, 0) is 0 Å². The van der Waals surface area contributed by atoms with Gasteiger partial charge in [-0.05, 0) is 16.8 Å². The summed E-state index contributed by atoms with van der Waals surface area (Å²) >= 11 is 0. The Labute approximate surface area is 99.9 Å². The topological polar surface area (TPSA) is 49.9 Å². The summed E-state index contributed by atoms with van der Waals surface area (Å²) in [5.74, 6) is 0. The van der Waals surface area contributed by atoms with Crippen molar-refractivity contribution in [1.29, 1.82) is 5.41 Å². The first kappa shape index (κ1) is 11.1. The maximum absolute atomic E-state index is 7.97. The maximum atomic E-state index is 7.97. The number of nitrogens with two attached hydrogens (primary N) is 1. The molecule has 84 valence electrons. The SMILES string of the molecule is C=c1ccccc(=N)/c1=C(\N)c1ccccc1. The molecule has 0 aromatic heterocycles. The molecule has 2 rings (SSSR count). The minimum Gasteiger partial charge on any atom is -0.398 e. The van der Waals surface area contributed by atoms with E-state index in [1.807, 2.05) is 48.5 Å². The highest BCUT2D eigenvalue weighted by Gasteiger charge is 1.97. The zero-order valence-corrected chi connectivity index (χ0v) is 9.48. The Morgan fingerprint density at radius 1 is 0.941 bits per heavy atom. The van der Waals surface area contributed by atoms with E-state index >= 15 is 0 Å². The van der Waals surface area contributed by atoms with E-state index in [1.165, 1.54) is 0 Å². The third-order valence-corrected chi connectivity index (χ3v) is 2.62. The molecule has 0 amide bonds. The molecule has 17 heavy (non-hydrogen) atoms. The molecule has 0 aliphatic rings. The average Bonchev–Trinajstić information content (AvgIpc) is 2.51. The van der Waals surface area contributed by atoms with Gasteiger partial charge in [-0.15, -0.1) is 0 Å². The van der Waals surface area contributed by atoms with Crippen LogP contribution in [0.1, 0.15) is 5.56 Å². The van der Waals surface area contributed by atoms with Crippen LogP contribution in [0.2, 0.25) is 0 Å². The molecule has 0 aliphatic heterocycles. The zero-order chi connectivity index (χ0) is 12.3. The molecule has 2 aromatic rings. The number of hydrogen-bond donors (Lipinski definition) is 2. The second-order valence-corrected chi connectivity index (χ2v) is 3.81. The van der Waals surface area contributed by atoms with Gasteiger partial charge in [0.25, 0.3) is 0 Å². The molecule has 0 spiro atoms. The van der Waals surface area contributed by atoms with E-state index in [0.29, 0.717) is 16.3 Å². The lowest BCUT2D eigenvalue weighted by Gasteiger charge is -2.00. The van der Waals surface area contributed by atoms with E-state index in [9.17, 15) is 0 Å². The van der Waals surface area contributed by atoms with Crippen LogP contribution in [0.4, 0.5) is 0 Å². The first-order chi connectivity index (χ1) is 8.20. The van der Waals surface area contributed by atoms with Gasteiger partial charge in [-0.1, -0.05) is 55.1 Å². The van der Waals surface area contributed by atoms with Gasteiger partial charge in [0.05, 0.1) is 5.36 Å². The fraction of sp³-hybridized carbons (Fsp3) is 0. The Balaban J connectivity index is 2.91. The van der Waals surface area contributed by atoms with Crippen molar-refractivity contribution in [2.45, 2.75) is 0 Å². The van der Waals surface area contributed by atoms with Crippen LogP contribution in [0.3, 0.4) is 0 Å². The molecule has 2 aromatic carbocycles. The van der Waals surface area contributed by atoms with Gasteiger partial charge in [-0.3, -0.25) is 0 Å². The molecule has 0 unspecified atom stereocenters. The highest BCUT2D eigenvalue weighted by Crippen LogP contribution is 2.02. The molecule has 2 nitrogen and oxygen atoms in total. The summed E-state index contributed by atoms with van der Waals surface area (Å²) in [6.07, 6.45) is 0. The van der Waals surface area contributed by atoms with E-state index in [-0.39, 0.29) is 0 Å². The van der Waals surface area contributed by atoms with Crippen molar-refractivity contribution in [3.63, 3.8) is 0 Å². The quantitative estimate of drug-likeness (QED) is 0.733. The Hall–Kier alpha value is -2.35. The summed E-state index contributed by atoms with van der Waals surface area (Å²) in [4.78, 5) is 0. The van der Waals surface area contributed by atoms with Crippen molar-refractivity contribution >= 4 is 12.3 Å². The first-order valence-electron chi connectivity index (χ1n) is 5.38. The minimum absolute atomic E-state index is 0.390. The molecule has 0 fully saturated rings. The van der Waals surface area contributed by atoms with E-state index in [1.54, 1.807) is 6.07 Å². The number of nitrogens with one attached hydrogen (secondary N) is 1. The monoisotopic (exact) mass is 222 g/mol. The van der Waals surface area contributed by atoms with Gasteiger partial charge in [0.2, 0.25) is 0 Å². The Kier molecular flexibility index (Phi) is 3.06. The van der Waals surface area contributed by atoms with Gasteiger partial charge < -0.3 is 11.1 Å². The summed E-state index contributed by atoms with van der Waals surface area (Å²) in [7, 11) is 0. The summed E-state index contributed by atoms with van der Waals surface area (Å²) in [5, 5.41) is 9.82. The van der Waals surface area contributed by atoms with Crippen molar-refractivity contribution in [3.8, 4) is 0 Å². The normalized spacial score (nSPS) is 12.0. The third kappa shape index (κ3) is 2.26. The van der Waals surface area contributed by atoms with Crippen molar-refractivity contribution in [3.05, 3.63) is 76.0 Å². The summed E-state index contributed by atoms with van der Waals surface area (Å²) in [5.41, 5.74) is 7.64. The van der Waals surface area contributed by atoms with E-state index in [4.69, 9.17) is 11.1 Å². The van der Waals surface area contributed by atoms with Crippen molar-refractivity contribution in [2.24, 2.45) is 5.73 Å². The molecule has 0 bridgehead atoms. The van der Waals surface area contributed by atoms with Crippen LogP contribution in [0.5, 0.6) is 0 Å². The lowest BCUT2D eigenvalue weighted by molar-refractivity contribution is 1.23. The lowest BCUT2D eigenvalue weighted by Crippen LogP contribution is -2.39. The average molecular weight is 222 g/mol. The number of rotatable bonds is 1. The maximum Gasteiger partial charge on any atom is 0.0638 e. The molecule has 0 heterocycles. The van der Waals surface area contributed by atoms with Crippen LogP contribution in [-0.4, -0.2) is 0 Å². The van der Waals surface area contributed by atoms with Crippen LogP contribution in [0.15, 0.2) is 54.6 Å². The predicted molar refractivity (Wildman–Crippen MR) is 70.2 cm³/mol. The van der Waals surface area contributed by atoms with Crippen molar-refractivity contribution in [2.75, 3.05) is 0 Å². The number of hydrogen-bond acceptors (Lipinski definition) is 2.